The van der Waals surface area contributed by atoms with Gasteiger partial charge in [0.15, 0.2) is 5.78 Å². The van der Waals surface area contributed by atoms with Gasteiger partial charge in [0.25, 0.3) is 0 Å². The van der Waals surface area contributed by atoms with Crippen LogP contribution < -0.4 is 14.8 Å². The van der Waals surface area contributed by atoms with Gasteiger partial charge >= 0.3 is 5.97 Å². The van der Waals surface area contributed by atoms with Crippen molar-refractivity contribution < 1.29 is 23.8 Å². The van der Waals surface area contributed by atoms with Gasteiger partial charge in [-0.1, -0.05) is 30.3 Å². The molecule has 1 N–H and O–H groups in total. The molecule has 1 aliphatic rings. The zero-order chi connectivity index (χ0) is 20.1. The molecule has 2 aromatic carbocycles. The molecule has 0 bridgehead atoms. The summed E-state index contributed by atoms with van der Waals surface area (Å²) in [7, 11) is 4.46. The van der Waals surface area contributed by atoms with Gasteiger partial charge in [0, 0.05) is 23.8 Å². The summed E-state index contributed by atoms with van der Waals surface area (Å²) in [5.41, 5.74) is 2.30. The van der Waals surface area contributed by atoms with Gasteiger partial charge in [0.2, 0.25) is 0 Å². The van der Waals surface area contributed by atoms with Gasteiger partial charge in [-0.15, -0.1) is 0 Å². The number of carbonyl (C=O) groups excluding carboxylic acids is 2. The number of anilines is 1. The van der Waals surface area contributed by atoms with E-state index in [1.807, 2.05) is 30.3 Å². The van der Waals surface area contributed by atoms with E-state index in [1.165, 1.54) is 13.2 Å². The fourth-order valence-electron chi connectivity index (χ4n) is 3.46. The summed E-state index contributed by atoms with van der Waals surface area (Å²) in [5, 5.41) is 3.27. The van der Waals surface area contributed by atoms with Crippen molar-refractivity contribution in [2.75, 3.05) is 26.6 Å². The number of hydrogen-bond donors (Lipinski definition) is 1. The second-order valence-corrected chi connectivity index (χ2v) is 6.49. The van der Waals surface area contributed by atoms with E-state index in [2.05, 4.69) is 5.32 Å². The monoisotopic (exact) mass is 381 g/mol. The summed E-state index contributed by atoms with van der Waals surface area (Å²) in [6, 6.07) is 14.9. The van der Waals surface area contributed by atoms with E-state index in [4.69, 9.17) is 14.2 Å². The van der Waals surface area contributed by atoms with Crippen molar-refractivity contribution in [1.29, 1.82) is 0 Å². The maximum Gasteiger partial charge on any atom is 0.317 e. The fraction of sp³-hybridized carbons (Fsp3) is 0.273. The molecular weight excluding hydrogens is 358 g/mol. The first-order valence-corrected chi connectivity index (χ1v) is 8.93. The van der Waals surface area contributed by atoms with Crippen molar-refractivity contribution in [2.45, 2.75) is 12.3 Å². The van der Waals surface area contributed by atoms with Crippen LogP contribution in [0.1, 0.15) is 17.9 Å². The maximum absolute atomic E-state index is 12.8. The molecule has 2 atom stereocenters. The van der Waals surface area contributed by atoms with E-state index in [0.29, 0.717) is 29.3 Å². The topological polar surface area (TPSA) is 73.9 Å². The van der Waals surface area contributed by atoms with Gasteiger partial charge in [0.1, 0.15) is 17.4 Å². The lowest BCUT2D eigenvalue weighted by atomic mass is 9.76. The van der Waals surface area contributed by atoms with Crippen LogP contribution >= 0.6 is 0 Å². The molecule has 0 aromatic heterocycles. The summed E-state index contributed by atoms with van der Waals surface area (Å²) < 4.78 is 15.6. The lowest BCUT2D eigenvalue weighted by molar-refractivity contribution is -0.149. The number of ether oxygens (including phenoxy) is 3. The number of nitrogens with one attached hydrogen (secondary N) is 1. The van der Waals surface area contributed by atoms with Crippen molar-refractivity contribution in [3.05, 3.63) is 65.9 Å². The number of benzene rings is 2. The summed E-state index contributed by atoms with van der Waals surface area (Å²) in [6.45, 7) is 0. The van der Waals surface area contributed by atoms with Crippen molar-refractivity contribution in [3.8, 4) is 11.5 Å². The molecule has 0 unspecified atom stereocenters. The van der Waals surface area contributed by atoms with Gasteiger partial charge in [-0.25, -0.2) is 0 Å². The first-order valence-electron chi connectivity index (χ1n) is 8.93. The molecule has 3 rings (SSSR count). The summed E-state index contributed by atoms with van der Waals surface area (Å²) in [5.74, 6) is -0.682. The number of rotatable bonds is 6. The van der Waals surface area contributed by atoms with Crippen LogP contribution in [0.3, 0.4) is 0 Å². The Labute approximate surface area is 164 Å². The Kier molecular flexibility index (Phi) is 5.99. The predicted octanol–water partition coefficient (Wildman–Crippen LogP) is 3.55. The molecule has 0 saturated heterocycles. The molecule has 0 radical (unpaired) electrons. The molecule has 2 aromatic rings. The van der Waals surface area contributed by atoms with Gasteiger partial charge in [-0.05, 0) is 24.1 Å². The van der Waals surface area contributed by atoms with Crippen LogP contribution in [0.2, 0.25) is 0 Å². The molecule has 28 heavy (non-hydrogen) atoms. The lowest BCUT2D eigenvalue weighted by Gasteiger charge is -2.29. The first kappa shape index (κ1) is 19.5. The van der Waals surface area contributed by atoms with Crippen molar-refractivity contribution in [3.63, 3.8) is 0 Å². The number of allylic oxidation sites excluding steroid dienone is 2. The Hall–Kier alpha value is -3.28. The molecule has 146 valence electrons. The van der Waals surface area contributed by atoms with E-state index in [0.717, 1.165) is 5.56 Å². The highest BCUT2D eigenvalue weighted by Gasteiger charge is 2.39. The minimum atomic E-state index is -0.856. The smallest absolute Gasteiger partial charge is 0.317 e. The van der Waals surface area contributed by atoms with E-state index in [9.17, 15) is 9.59 Å². The van der Waals surface area contributed by atoms with Crippen LogP contribution in [0.5, 0.6) is 11.5 Å². The molecule has 0 spiro atoms. The molecule has 6 heteroatoms. The fourth-order valence-corrected chi connectivity index (χ4v) is 3.46. The van der Waals surface area contributed by atoms with Crippen LogP contribution in [0.4, 0.5) is 5.69 Å². The molecule has 0 saturated carbocycles. The summed E-state index contributed by atoms with van der Waals surface area (Å²) in [6.07, 6.45) is 1.95. The Morgan fingerprint density at radius 2 is 1.79 bits per heavy atom. The van der Waals surface area contributed by atoms with Gasteiger partial charge < -0.3 is 19.5 Å². The highest BCUT2D eigenvalue weighted by Crippen LogP contribution is 2.38. The second kappa shape index (κ2) is 8.61. The summed E-state index contributed by atoms with van der Waals surface area (Å²) >= 11 is 0. The lowest BCUT2D eigenvalue weighted by Crippen LogP contribution is -2.34. The van der Waals surface area contributed by atoms with Crippen LogP contribution in [0, 0.1) is 5.92 Å². The van der Waals surface area contributed by atoms with Crippen molar-refractivity contribution in [2.24, 2.45) is 5.92 Å². The SMILES string of the molecule is COC(=O)[C@@H]1C(=O)C=C(Nc2cc(OC)ccc2OC)C[C@H]1c1ccccc1. The van der Waals surface area contributed by atoms with Gasteiger partial charge in [-0.2, -0.15) is 0 Å². The highest BCUT2D eigenvalue weighted by atomic mass is 16.5. The van der Waals surface area contributed by atoms with Gasteiger partial charge in [-0.3, -0.25) is 9.59 Å². The second-order valence-electron chi connectivity index (χ2n) is 6.49. The number of ketones is 1. The van der Waals surface area contributed by atoms with Crippen molar-refractivity contribution in [1.82, 2.24) is 0 Å². The standard InChI is InChI=1S/C22H23NO5/c1-26-16-9-10-20(27-2)18(13-16)23-15-11-17(14-7-5-4-6-8-14)21(19(24)12-15)22(25)28-3/h4-10,12-13,17,21,23H,11H2,1-3H3/t17-,21-/m0/s1. The van der Waals surface area contributed by atoms with E-state index < -0.39 is 11.9 Å². The quantitative estimate of drug-likeness (QED) is 0.609. The first-order chi connectivity index (χ1) is 13.6. The third-order valence-corrected chi connectivity index (χ3v) is 4.85. The molecular formula is C22H23NO5. The minimum absolute atomic E-state index is 0.281. The number of hydrogen-bond acceptors (Lipinski definition) is 6. The summed E-state index contributed by atoms with van der Waals surface area (Å²) in [4.78, 5) is 25.1. The Balaban J connectivity index is 1.95. The molecule has 0 amide bonds. The largest absolute Gasteiger partial charge is 0.497 e. The van der Waals surface area contributed by atoms with Crippen LogP contribution in [-0.2, 0) is 14.3 Å². The predicted molar refractivity (Wildman–Crippen MR) is 106 cm³/mol. The average molecular weight is 381 g/mol. The van der Waals surface area contributed by atoms with Gasteiger partial charge in [0.05, 0.1) is 27.0 Å². The Morgan fingerprint density at radius 3 is 2.43 bits per heavy atom. The zero-order valence-electron chi connectivity index (χ0n) is 16.1. The zero-order valence-corrected chi connectivity index (χ0v) is 16.1. The number of carbonyl (C=O) groups is 2. The van der Waals surface area contributed by atoms with E-state index in [-0.39, 0.29) is 11.7 Å². The average Bonchev–Trinajstić information content (AvgIpc) is 2.73. The third kappa shape index (κ3) is 4.01. The minimum Gasteiger partial charge on any atom is -0.497 e. The van der Waals surface area contributed by atoms with Crippen LogP contribution in [0.15, 0.2) is 60.3 Å². The van der Waals surface area contributed by atoms with Crippen LogP contribution in [0.25, 0.3) is 0 Å². The van der Waals surface area contributed by atoms with E-state index in [1.54, 1.807) is 32.4 Å². The van der Waals surface area contributed by atoms with Crippen LogP contribution in [-0.4, -0.2) is 33.1 Å². The Bertz CT molecular complexity index is 891. The molecule has 1 aliphatic carbocycles. The maximum atomic E-state index is 12.8. The normalized spacial score (nSPS) is 18.8. The molecule has 0 aliphatic heterocycles. The molecule has 0 heterocycles. The third-order valence-electron chi connectivity index (χ3n) is 4.85. The highest BCUT2D eigenvalue weighted by molar-refractivity contribution is 6.07. The number of esters is 1. The number of methoxy groups -OCH3 is 3. The van der Waals surface area contributed by atoms with Crippen molar-refractivity contribution >= 4 is 17.4 Å². The van der Waals surface area contributed by atoms with E-state index >= 15 is 0 Å². The Morgan fingerprint density at radius 1 is 1.04 bits per heavy atom. The molecule has 0 fully saturated rings. The molecule has 6 nitrogen and oxygen atoms in total.